The largest absolute Gasteiger partial charge is 0.394 e. The lowest BCUT2D eigenvalue weighted by Gasteiger charge is -2.28. The summed E-state index contributed by atoms with van der Waals surface area (Å²) in [5.74, 6) is -5.34. The summed E-state index contributed by atoms with van der Waals surface area (Å²) in [6.45, 7) is 1.51. The Hall–Kier alpha value is -3.47. The molecule has 0 aromatic carbocycles. The van der Waals surface area contributed by atoms with Crippen LogP contribution in [0.25, 0.3) is 0 Å². The average molecular weight is 574 g/mol. The predicted molar refractivity (Wildman–Crippen MR) is 156 cm³/mol. The molecular formula is C31H41F2N3O5. The van der Waals surface area contributed by atoms with Crippen LogP contribution in [0.5, 0.6) is 0 Å². The Kier molecular flexibility index (Phi) is 14.9. The van der Waals surface area contributed by atoms with E-state index in [4.69, 9.17) is 10.5 Å². The molecule has 1 aromatic rings. The van der Waals surface area contributed by atoms with Crippen LogP contribution in [0.3, 0.4) is 0 Å². The van der Waals surface area contributed by atoms with Gasteiger partial charge in [-0.3, -0.25) is 4.79 Å². The molecule has 0 bridgehead atoms. The van der Waals surface area contributed by atoms with Gasteiger partial charge in [0.15, 0.2) is 5.82 Å². The number of aliphatic hydroxyl groups is 2. The number of halogens is 2. The molecule has 8 nitrogen and oxygen atoms in total. The van der Waals surface area contributed by atoms with Crippen molar-refractivity contribution in [3.63, 3.8) is 0 Å². The van der Waals surface area contributed by atoms with Gasteiger partial charge in [-0.15, -0.1) is 0 Å². The van der Waals surface area contributed by atoms with E-state index >= 15 is 0 Å². The van der Waals surface area contributed by atoms with Crippen LogP contribution in [-0.2, 0) is 15.3 Å². The van der Waals surface area contributed by atoms with Gasteiger partial charge in [0, 0.05) is 6.42 Å². The van der Waals surface area contributed by atoms with E-state index in [2.05, 4.69) is 18.0 Å². The van der Waals surface area contributed by atoms with E-state index in [0.29, 0.717) is 0 Å². The fourth-order valence-corrected chi connectivity index (χ4v) is 4.35. The maximum Gasteiger partial charge on any atom is 0.354 e. The average Bonchev–Trinajstić information content (AvgIpc) is 3.29. The number of anilines is 1. The Bertz CT molecular complexity index is 1220. The minimum absolute atomic E-state index is 0.0803. The molecule has 2 heterocycles. The third kappa shape index (κ3) is 10.1. The predicted octanol–water partition coefficient (Wildman–Crippen LogP) is 4.95. The van der Waals surface area contributed by atoms with Crippen LogP contribution in [0.15, 0.2) is 77.7 Å². The van der Waals surface area contributed by atoms with Gasteiger partial charge in [-0.2, -0.15) is 13.8 Å². The first-order chi connectivity index (χ1) is 19.8. The Balaban J connectivity index is 1.90. The molecular weight excluding hydrogens is 532 g/mol. The van der Waals surface area contributed by atoms with E-state index in [0.717, 1.165) is 12.5 Å². The molecule has 1 aromatic heterocycles. The van der Waals surface area contributed by atoms with Crippen molar-refractivity contribution in [1.82, 2.24) is 9.55 Å². The van der Waals surface area contributed by atoms with Crippen LogP contribution in [0.1, 0.15) is 64.7 Å². The van der Waals surface area contributed by atoms with Crippen LogP contribution >= 0.6 is 0 Å². The summed E-state index contributed by atoms with van der Waals surface area (Å²) < 4.78 is 34.4. The molecule has 0 unspecified atom stereocenters. The Morgan fingerprint density at radius 1 is 1.00 bits per heavy atom. The maximum absolute atomic E-state index is 14.7. The first-order valence-corrected chi connectivity index (χ1v) is 14.0. The summed E-state index contributed by atoms with van der Waals surface area (Å²) >= 11 is 0. The standard InChI is InChI=1S/C31H41F2N3O5/c1-2-3-4-5-6-7-8-9-10-11-12-13-14-15-16-17-18-19-20-21-26(39)31(22-24(38)25(23-37)41-31)36-28(33)27(32)29(34)35-30(36)40/h10-21,24-25,37-38H,2-9,22-23H2,1H3,(H2,34,35,40)/t24-,25+,31-/m0/s1. The molecule has 0 spiro atoms. The number of unbranched alkanes of at least 4 members (excludes halogenated alkanes) is 7. The minimum atomic E-state index is -2.45. The lowest BCUT2D eigenvalue weighted by atomic mass is 10.0. The summed E-state index contributed by atoms with van der Waals surface area (Å²) in [4.78, 5) is 28.7. The quantitative estimate of drug-likeness (QED) is 0.104. The Morgan fingerprint density at radius 3 is 2.15 bits per heavy atom. The number of ether oxygens (including phenoxy) is 1. The monoisotopic (exact) mass is 573 g/mol. The molecule has 1 aliphatic rings. The molecule has 0 amide bonds. The van der Waals surface area contributed by atoms with Crippen molar-refractivity contribution in [1.29, 1.82) is 0 Å². The lowest BCUT2D eigenvalue weighted by Crippen LogP contribution is -2.50. The van der Waals surface area contributed by atoms with Crippen LogP contribution in [-0.4, -0.2) is 44.4 Å². The highest BCUT2D eigenvalue weighted by Crippen LogP contribution is 2.36. The van der Waals surface area contributed by atoms with Gasteiger partial charge in [0.2, 0.25) is 23.3 Å². The van der Waals surface area contributed by atoms with Crippen molar-refractivity contribution in [3.05, 3.63) is 95.2 Å². The zero-order chi connectivity index (χ0) is 30.1. The molecule has 1 saturated heterocycles. The van der Waals surface area contributed by atoms with Gasteiger partial charge in [0.25, 0.3) is 0 Å². The van der Waals surface area contributed by atoms with Gasteiger partial charge in [-0.1, -0.05) is 112 Å². The summed E-state index contributed by atoms with van der Waals surface area (Å²) in [6.07, 6.45) is 27.6. The fraction of sp³-hybridized carbons (Fsp3) is 0.452. The van der Waals surface area contributed by atoms with Gasteiger partial charge >= 0.3 is 5.69 Å². The van der Waals surface area contributed by atoms with Crippen molar-refractivity contribution >= 4 is 11.6 Å². The molecule has 224 valence electrons. The number of carbonyl (C=O) groups is 1. The molecule has 4 N–H and O–H groups in total. The molecule has 10 heteroatoms. The minimum Gasteiger partial charge on any atom is -0.394 e. The number of carbonyl (C=O) groups excluding carboxylic acids is 1. The number of allylic oxidation sites excluding steroid dienone is 11. The number of nitrogen functional groups attached to an aromatic ring is 1. The highest BCUT2D eigenvalue weighted by atomic mass is 19.2. The van der Waals surface area contributed by atoms with Crippen molar-refractivity contribution in [2.45, 2.75) is 82.6 Å². The van der Waals surface area contributed by atoms with E-state index in [1.807, 2.05) is 30.4 Å². The molecule has 0 saturated carbocycles. The smallest absolute Gasteiger partial charge is 0.354 e. The number of nitrogens with two attached hydrogens (primary N) is 1. The number of nitrogens with zero attached hydrogens (tertiary/aromatic N) is 2. The van der Waals surface area contributed by atoms with Crippen LogP contribution in [0.4, 0.5) is 14.6 Å². The summed E-state index contributed by atoms with van der Waals surface area (Å²) in [7, 11) is 0. The molecule has 1 fully saturated rings. The highest BCUT2D eigenvalue weighted by molar-refractivity contribution is 5.95. The van der Waals surface area contributed by atoms with Gasteiger partial charge in [0.1, 0.15) is 6.10 Å². The zero-order valence-corrected chi connectivity index (χ0v) is 23.5. The van der Waals surface area contributed by atoms with Crippen LogP contribution in [0.2, 0.25) is 0 Å². The normalized spacial score (nSPS) is 21.8. The number of hydrogen-bond donors (Lipinski definition) is 3. The van der Waals surface area contributed by atoms with E-state index in [9.17, 15) is 28.6 Å². The van der Waals surface area contributed by atoms with Crippen LogP contribution < -0.4 is 11.4 Å². The van der Waals surface area contributed by atoms with E-state index < -0.39 is 60.0 Å². The zero-order valence-electron chi connectivity index (χ0n) is 23.5. The second kappa shape index (κ2) is 18.1. The fourth-order valence-electron chi connectivity index (χ4n) is 4.35. The third-order valence-corrected chi connectivity index (χ3v) is 6.56. The van der Waals surface area contributed by atoms with E-state index in [1.54, 1.807) is 18.2 Å². The number of aliphatic hydroxyl groups excluding tert-OH is 2. The Morgan fingerprint density at radius 2 is 1.56 bits per heavy atom. The summed E-state index contributed by atoms with van der Waals surface area (Å²) in [5, 5.41) is 19.6. The SMILES string of the molecule is CCCCCCCCCC=CC=CC=CC=CC=CC=CC(=O)[C@]1(n2c(F)c(F)c(N)nc2=O)C[C@H](O)[C@@H](CO)O1. The van der Waals surface area contributed by atoms with Crippen molar-refractivity contribution < 1.29 is 28.5 Å². The summed E-state index contributed by atoms with van der Waals surface area (Å²) in [6, 6.07) is 0. The highest BCUT2D eigenvalue weighted by Gasteiger charge is 2.54. The van der Waals surface area contributed by atoms with E-state index in [1.165, 1.54) is 57.1 Å². The molecule has 1 aliphatic heterocycles. The molecule has 3 atom stereocenters. The molecule has 0 aliphatic carbocycles. The number of aromatic nitrogens is 2. The van der Waals surface area contributed by atoms with Gasteiger partial charge < -0.3 is 20.7 Å². The van der Waals surface area contributed by atoms with Crippen LogP contribution in [0, 0.1) is 11.8 Å². The summed E-state index contributed by atoms with van der Waals surface area (Å²) in [5.41, 5.74) is 1.38. The van der Waals surface area contributed by atoms with E-state index in [-0.39, 0.29) is 4.57 Å². The second-order valence-corrected chi connectivity index (χ2v) is 9.72. The van der Waals surface area contributed by atoms with Gasteiger partial charge in [0.05, 0.1) is 12.7 Å². The van der Waals surface area contributed by atoms with Crippen molar-refractivity contribution in [2.75, 3.05) is 12.3 Å². The maximum atomic E-state index is 14.7. The number of rotatable bonds is 17. The van der Waals surface area contributed by atoms with Crippen molar-refractivity contribution in [2.24, 2.45) is 0 Å². The lowest BCUT2D eigenvalue weighted by molar-refractivity contribution is -0.159. The van der Waals surface area contributed by atoms with Crippen molar-refractivity contribution in [3.8, 4) is 0 Å². The topological polar surface area (TPSA) is 128 Å². The molecule has 41 heavy (non-hydrogen) atoms. The molecule has 2 rings (SSSR count). The molecule has 0 radical (unpaired) electrons. The Labute approximate surface area is 239 Å². The first-order valence-electron chi connectivity index (χ1n) is 14.0. The second-order valence-electron chi connectivity index (χ2n) is 9.72. The van der Waals surface area contributed by atoms with Gasteiger partial charge in [-0.05, 0) is 18.9 Å². The van der Waals surface area contributed by atoms with Gasteiger partial charge in [-0.25, -0.2) is 9.36 Å². The number of ketones is 1. The third-order valence-electron chi connectivity index (χ3n) is 6.56. The number of hydrogen-bond acceptors (Lipinski definition) is 7. The first kappa shape index (κ1) is 33.7.